The lowest BCUT2D eigenvalue weighted by atomic mass is 10.1. The summed E-state index contributed by atoms with van der Waals surface area (Å²) in [5.41, 5.74) is 0.885. The van der Waals surface area contributed by atoms with Crippen molar-refractivity contribution < 1.29 is 22.6 Å². The lowest BCUT2D eigenvalue weighted by Gasteiger charge is -2.16. The molecule has 0 amide bonds. The van der Waals surface area contributed by atoms with Gasteiger partial charge in [0.1, 0.15) is 17.3 Å². The molecule has 3 N–H and O–H groups in total. The molecule has 7 nitrogen and oxygen atoms in total. The molecule has 0 bridgehead atoms. The number of rotatable bonds is 9. The number of ether oxygens (including phenoxy) is 3. The highest BCUT2D eigenvalue weighted by Crippen LogP contribution is 2.29. The van der Waals surface area contributed by atoms with E-state index in [1.807, 2.05) is 37.3 Å². The molecule has 1 saturated heterocycles. The fourth-order valence-corrected chi connectivity index (χ4v) is 5.05. The van der Waals surface area contributed by atoms with Gasteiger partial charge in [0.05, 0.1) is 19.1 Å². The van der Waals surface area contributed by atoms with Crippen molar-refractivity contribution in [2.75, 3.05) is 26.1 Å². The number of nitrogens with one attached hydrogen (secondary N) is 1. The van der Waals surface area contributed by atoms with Crippen LogP contribution in [0.25, 0.3) is 0 Å². The zero-order valence-corrected chi connectivity index (χ0v) is 18.1. The van der Waals surface area contributed by atoms with E-state index in [-0.39, 0.29) is 22.1 Å². The molecule has 0 aliphatic carbocycles. The third kappa shape index (κ3) is 5.79. The van der Waals surface area contributed by atoms with Crippen LogP contribution in [0.1, 0.15) is 12.5 Å². The minimum absolute atomic E-state index is 0.00978. The van der Waals surface area contributed by atoms with Crippen LogP contribution in [-0.4, -0.2) is 45.9 Å². The second-order valence-electron chi connectivity index (χ2n) is 6.61. The van der Waals surface area contributed by atoms with Crippen LogP contribution < -0.4 is 24.7 Å². The Morgan fingerprint density at radius 3 is 2.52 bits per heavy atom. The number of hydrogen-bond acceptors (Lipinski definition) is 7. The van der Waals surface area contributed by atoms with Crippen LogP contribution in [-0.2, 0) is 16.4 Å². The van der Waals surface area contributed by atoms with E-state index in [1.54, 1.807) is 23.9 Å². The third-order valence-electron chi connectivity index (χ3n) is 4.48. The molecule has 1 unspecified atom stereocenters. The number of thioether (sulfide) groups is 1. The molecule has 158 valence electrons. The van der Waals surface area contributed by atoms with E-state index < -0.39 is 10.0 Å². The van der Waals surface area contributed by atoms with Crippen molar-refractivity contribution >= 4 is 21.8 Å². The van der Waals surface area contributed by atoms with Crippen molar-refractivity contribution in [2.45, 2.75) is 29.7 Å². The minimum Gasteiger partial charge on any atom is -0.495 e. The quantitative estimate of drug-likeness (QED) is 0.620. The van der Waals surface area contributed by atoms with E-state index in [4.69, 9.17) is 19.3 Å². The van der Waals surface area contributed by atoms with E-state index in [2.05, 4.69) is 5.32 Å². The number of sulfonamides is 1. The summed E-state index contributed by atoms with van der Waals surface area (Å²) in [4.78, 5) is 0.00978. The Labute approximate surface area is 176 Å². The first-order valence-electron chi connectivity index (χ1n) is 9.32. The molecular formula is C20H26N2O5S2. The normalized spacial score (nSPS) is 19.1. The summed E-state index contributed by atoms with van der Waals surface area (Å²) in [6.07, 6.45) is 0.686. The van der Waals surface area contributed by atoms with E-state index >= 15 is 0 Å². The zero-order valence-electron chi connectivity index (χ0n) is 16.5. The highest BCUT2D eigenvalue weighted by molar-refractivity contribution is 8.00. The second kappa shape index (κ2) is 9.71. The van der Waals surface area contributed by atoms with Crippen molar-refractivity contribution in [3.05, 3.63) is 48.0 Å². The predicted octanol–water partition coefficient (Wildman–Crippen LogP) is 2.39. The summed E-state index contributed by atoms with van der Waals surface area (Å²) >= 11 is 1.78. The molecule has 2 aromatic rings. The van der Waals surface area contributed by atoms with Crippen molar-refractivity contribution in [1.29, 1.82) is 0 Å². The Kier molecular flexibility index (Phi) is 7.28. The third-order valence-corrected chi connectivity index (χ3v) is 6.68. The van der Waals surface area contributed by atoms with Gasteiger partial charge in [0, 0.05) is 11.8 Å². The first-order chi connectivity index (χ1) is 13.9. The van der Waals surface area contributed by atoms with Gasteiger partial charge in [-0.15, -0.1) is 11.8 Å². The number of primary sulfonamides is 1. The molecule has 1 aliphatic heterocycles. The first kappa shape index (κ1) is 21.8. The minimum atomic E-state index is -3.84. The highest BCUT2D eigenvalue weighted by atomic mass is 32.2. The number of para-hydroxylation sites is 2. The van der Waals surface area contributed by atoms with Gasteiger partial charge in [-0.1, -0.05) is 18.2 Å². The summed E-state index contributed by atoms with van der Waals surface area (Å²) in [5, 5.41) is 8.98. The van der Waals surface area contributed by atoms with Crippen molar-refractivity contribution in [1.82, 2.24) is 5.32 Å². The predicted molar refractivity (Wildman–Crippen MR) is 114 cm³/mol. The van der Waals surface area contributed by atoms with Gasteiger partial charge in [0.25, 0.3) is 0 Å². The average molecular weight is 439 g/mol. The number of nitrogens with two attached hydrogens (primary N) is 1. The zero-order chi connectivity index (χ0) is 20.9. The average Bonchev–Trinajstić information content (AvgIpc) is 3.14. The largest absolute Gasteiger partial charge is 0.495 e. The lowest BCUT2D eigenvalue weighted by Crippen LogP contribution is -2.34. The maximum Gasteiger partial charge on any atom is 0.241 e. The molecule has 2 atom stereocenters. The Balaban J connectivity index is 1.58. The summed E-state index contributed by atoms with van der Waals surface area (Å²) in [5.74, 6) is 2.62. The smallest absolute Gasteiger partial charge is 0.241 e. The number of methoxy groups -OCH3 is 1. The van der Waals surface area contributed by atoms with Crippen LogP contribution in [0.15, 0.2) is 47.4 Å². The molecule has 0 aromatic heterocycles. The van der Waals surface area contributed by atoms with Crippen LogP contribution in [0.5, 0.6) is 17.2 Å². The maximum atomic E-state index is 11.8. The van der Waals surface area contributed by atoms with Gasteiger partial charge in [0.2, 0.25) is 10.0 Å². The van der Waals surface area contributed by atoms with Crippen molar-refractivity contribution in [2.24, 2.45) is 5.14 Å². The van der Waals surface area contributed by atoms with Crippen LogP contribution in [0.4, 0.5) is 0 Å². The molecule has 9 heteroatoms. The van der Waals surface area contributed by atoms with Gasteiger partial charge in [-0.2, -0.15) is 0 Å². The van der Waals surface area contributed by atoms with Gasteiger partial charge in [0.15, 0.2) is 11.5 Å². The van der Waals surface area contributed by atoms with Crippen LogP contribution >= 0.6 is 11.8 Å². The Hall–Kier alpha value is -1.94. The SMILES string of the molecule is CCOc1ccccc1OCC1N[C@@H](Cc2ccc(OC)c(S(N)(=O)=O)c2)CS1. The fourth-order valence-electron chi connectivity index (χ4n) is 3.17. The molecule has 1 heterocycles. The van der Waals surface area contributed by atoms with Crippen LogP contribution in [0.2, 0.25) is 0 Å². The topological polar surface area (TPSA) is 99.9 Å². The number of benzene rings is 2. The van der Waals surface area contributed by atoms with Crippen molar-refractivity contribution in [3.8, 4) is 17.2 Å². The monoisotopic (exact) mass is 438 g/mol. The molecule has 0 saturated carbocycles. The van der Waals surface area contributed by atoms with E-state index in [9.17, 15) is 8.42 Å². The Bertz CT molecular complexity index is 936. The molecule has 29 heavy (non-hydrogen) atoms. The standard InChI is InChI=1S/C20H26N2O5S2/c1-3-26-16-6-4-5-7-17(16)27-12-20-22-15(13-28-20)10-14-8-9-18(25-2)19(11-14)29(21,23)24/h4-9,11,15,20,22H,3,10,12-13H2,1-2H3,(H2,21,23,24)/t15-,20?/m0/s1. The molecule has 0 spiro atoms. The summed E-state index contributed by atoms with van der Waals surface area (Å²) in [6, 6.07) is 12.9. The fraction of sp³-hybridized carbons (Fsp3) is 0.400. The van der Waals surface area contributed by atoms with E-state index in [1.165, 1.54) is 7.11 Å². The van der Waals surface area contributed by atoms with Gasteiger partial charge >= 0.3 is 0 Å². The Morgan fingerprint density at radius 1 is 1.14 bits per heavy atom. The number of hydrogen-bond donors (Lipinski definition) is 2. The van der Waals surface area contributed by atoms with Crippen LogP contribution in [0, 0.1) is 0 Å². The molecule has 3 rings (SSSR count). The summed E-state index contributed by atoms with van der Waals surface area (Å²) in [7, 11) is -2.42. The molecule has 2 aromatic carbocycles. The van der Waals surface area contributed by atoms with Crippen LogP contribution in [0.3, 0.4) is 0 Å². The molecule has 1 aliphatic rings. The van der Waals surface area contributed by atoms with Crippen molar-refractivity contribution in [3.63, 3.8) is 0 Å². The maximum absolute atomic E-state index is 11.8. The first-order valence-corrected chi connectivity index (χ1v) is 11.9. The van der Waals surface area contributed by atoms with Gasteiger partial charge in [-0.3, -0.25) is 5.32 Å². The molecule has 1 fully saturated rings. The van der Waals surface area contributed by atoms with Gasteiger partial charge < -0.3 is 14.2 Å². The highest BCUT2D eigenvalue weighted by Gasteiger charge is 2.26. The van der Waals surface area contributed by atoms with E-state index in [0.717, 1.165) is 22.8 Å². The lowest BCUT2D eigenvalue weighted by molar-refractivity contribution is 0.268. The van der Waals surface area contributed by atoms with E-state index in [0.29, 0.717) is 19.6 Å². The molecular weight excluding hydrogens is 412 g/mol. The van der Waals surface area contributed by atoms with Gasteiger partial charge in [-0.05, 0) is 43.2 Å². The summed E-state index contributed by atoms with van der Waals surface area (Å²) < 4.78 is 40.2. The Morgan fingerprint density at radius 2 is 1.86 bits per heavy atom. The second-order valence-corrected chi connectivity index (χ2v) is 9.38. The summed E-state index contributed by atoms with van der Waals surface area (Å²) in [6.45, 7) is 3.04. The van der Waals surface area contributed by atoms with Gasteiger partial charge in [-0.25, -0.2) is 13.6 Å². The molecule has 0 radical (unpaired) electrons.